The van der Waals surface area contributed by atoms with Gasteiger partial charge in [-0.25, -0.2) is 9.97 Å². The van der Waals surface area contributed by atoms with E-state index in [0.29, 0.717) is 11.4 Å². The highest BCUT2D eigenvalue weighted by molar-refractivity contribution is 6.19. The minimum Gasteiger partial charge on any atom is -0.309 e. The number of para-hydroxylation sites is 2. The molecular weight excluding hydrogens is 755 g/mol. The van der Waals surface area contributed by atoms with Gasteiger partial charge in [0.1, 0.15) is 0 Å². The molecule has 288 valence electrons. The number of hydrogen-bond acceptors (Lipinski definition) is 3. The van der Waals surface area contributed by atoms with Crippen molar-refractivity contribution in [1.29, 1.82) is 5.26 Å². The summed E-state index contributed by atoms with van der Waals surface area (Å²) in [6.07, 6.45) is 0. The number of benzene rings is 9. The van der Waals surface area contributed by atoms with Crippen LogP contribution in [0.4, 0.5) is 0 Å². The molecule has 12 aromatic rings. The quantitative estimate of drug-likeness (QED) is 0.169. The van der Waals surface area contributed by atoms with Crippen molar-refractivity contribution in [3.8, 4) is 62.5 Å². The van der Waals surface area contributed by atoms with Crippen LogP contribution in [0, 0.1) is 11.3 Å². The molecule has 9 aromatic carbocycles. The molecule has 0 atom stereocenters. The fourth-order valence-corrected chi connectivity index (χ4v) is 9.19. The van der Waals surface area contributed by atoms with E-state index in [4.69, 9.17) is 9.97 Å². The molecule has 0 spiro atoms. The van der Waals surface area contributed by atoms with Gasteiger partial charge in [0.05, 0.1) is 45.1 Å². The number of fused-ring (bicyclic) bond motifs is 8. The summed E-state index contributed by atoms with van der Waals surface area (Å²) in [4.78, 5) is 10.1. The minimum absolute atomic E-state index is 0.645. The lowest BCUT2D eigenvalue weighted by atomic mass is 9.98. The van der Waals surface area contributed by atoms with Gasteiger partial charge in [0, 0.05) is 55.0 Å². The Morgan fingerprint density at radius 1 is 0.355 bits per heavy atom. The predicted octanol–water partition coefficient (Wildman–Crippen LogP) is 14.4. The Kier molecular flexibility index (Phi) is 8.16. The van der Waals surface area contributed by atoms with E-state index in [9.17, 15) is 5.26 Å². The summed E-state index contributed by atoms with van der Waals surface area (Å²) in [5.41, 5.74) is 14.4. The molecule has 0 saturated carbocycles. The first kappa shape index (κ1) is 35.4. The summed E-state index contributed by atoms with van der Waals surface area (Å²) >= 11 is 0. The SMILES string of the molecule is N#Cc1ccc(-n2c3ccccc3c3ccc(-c4ccc5ccc6c7ccccc7n(-c7ccc(-c8cc(-c9ccccc9)nc(-c9ccccc9)n8)cc7)c6c5c4)cc32)cc1. The van der Waals surface area contributed by atoms with Gasteiger partial charge in [0.15, 0.2) is 5.82 Å². The lowest BCUT2D eigenvalue weighted by Gasteiger charge is -2.13. The fourth-order valence-electron chi connectivity index (χ4n) is 9.19. The van der Waals surface area contributed by atoms with Crippen molar-refractivity contribution in [1.82, 2.24) is 19.1 Å². The zero-order chi connectivity index (χ0) is 41.1. The summed E-state index contributed by atoms with van der Waals surface area (Å²) in [6, 6.07) is 76.9. The molecule has 0 unspecified atom stereocenters. The molecule has 0 aliphatic rings. The van der Waals surface area contributed by atoms with Crippen LogP contribution >= 0.6 is 0 Å². The predicted molar refractivity (Wildman–Crippen MR) is 255 cm³/mol. The Hall–Kier alpha value is -8.59. The Balaban J connectivity index is 1.01. The van der Waals surface area contributed by atoms with E-state index < -0.39 is 0 Å². The van der Waals surface area contributed by atoms with Gasteiger partial charge in [-0.2, -0.15) is 5.26 Å². The van der Waals surface area contributed by atoms with Gasteiger partial charge in [-0.05, 0) is 83.2 Å². The normalized spacial score (nSPS) is 11.5. The average Bonchev–Trinajstić information content (AvgIpc) is 3.87. The lowest BCUT2D eigenvalue weighted by Crippen LogP contribution is -1.97. The van der Waals surface area contributed by atoms with Crippen LogP contribution in [0.2, 0.25) is 0 Å². The highest BCUT2D eigenvalue weighted by atomic mass is 15.0. The minimum atomic E-state index is 0.645. The van der Waals surface area contributed by atoms with E-state index in [0.717, 1.165) is 67.1 Å². The van der Waals surface area contributed by atoms with Crippen LogP contribution in [0.25, 0.3) is 111 Å². The molecule has 3 heterocycles. The van der Waals surface area contributed by atoms with Crippen LogP contribution in [0.3, 0.4) is 0 Å². The second-order valence-electron chi connectivity index (χ2n) is 15.7. The molecular formula is C57H35N5. The molecule has 5 nitrogen and oxygen atoms in total. The molecule has 12 rings (SSSR count). The molecule has 0 N–H and O–H groups in total. The lowest BCUT2D eigenvalue weighted by molar-refractivity contribution is 1.17. The first-order chi connectivity index (χ1) is 30.7. The number of aromatic nitrogens is 4. The molecule has 0 bridgehead atoms. The van der Waals surface area contributed by atoms with E-state index in [1.54, 1.807) is 0 Å². The maximum Gasteiger partial charge on any atom is 0.160 e. The highest BCUT2D eigenvalue weighted by Gasteiger charge is 2.18. The maximum absolute atomic E-state index is 9.50. The molecule has 0 fully saturated rings. The molecule has 0 radical (unpaired) electrons. The van der Waals surface area contributed by atoms with Crippen LogP contribution in [0.15, 0.2) is 212 Å². The number of nitrogens with zero attached hydrogens (tertiary/aromatic N) is 5. The van der Waals surface area contributed by atoms with Gasteiger partial charge in [-0.1, -0.05) is 146 Å². The molecule has 62 heavy (non-hydrogen) atoms. The first-order valence-corrected chi connectivity index (χ1v) is 20.8. The van der Waals surface area contributed by atoms with Crippen molar-refractivity contribution in [2.24, 2.45) is 0 Å². The highest BCUT2D eigenvalue weighted by Crippen LogP contribution is 2.40. The molecule has 0 aliphatic carbocycles. The van der Waals surface area contributed by atoms with E-state index in [1.807, 2.05) is 60.7 Å². The maximum atomic E-state index is 9.50. The van der Waals surface area contributed by atoms with E-state index in [-0.39, 0.29) is 0 Å². The van der Waals surface area contributed by atoms with Crippen molar-refractivity contribution in [3.05, 3.63) is 218 Å². The Morgan fingerprint density at radius 3 is 1.56 bits per heavy atom. The second kappa shape index (κ2) is 14.3. The van der Waals surface area contributed by atoms with Crippen molar-refractivity contribution < 1.29 is 0 Å². The third-order valence-corrected chi connectivity index (χ3v) is 12.2. The molecule has 5 heteroatoms. The summed E-state index contributed by atoms with van der Waals surface area (Å²) in [7, 11) is 0. The van der Waals surface area contributed by atoms with Crippen molar-refractivity contribution in [2.75, 3.05) is 0 Å². The largest absolute Gasteiger partial charge is 0.309 e. The van der Waals surface area contributed by atoms with Crippen molar-refractivity contribution in [2.45, 2.75) is 0 Å². The fraction of sp³-hybridized carbons (Fsp3) is 0. The smallest absolute Gasteiger partial charge is 0.160 e. The summed E-state index contributed by atoms with van der Waals surface area (Å²) in [5.74, 6) is 0.700. The van der Waals surface area contributed by atoms with Gasteiger partial charge < -0.3 is 9.13 Å². The zero-order valence-corrected chi connectivity index (χ0v) is 33.4. The van der Waals surface area contributed by atoms with Gasteiger partial charge in [0.2, 0.25) is 0 Å². The van der Waals surface area contributed by atoms with Crippen molar-refractivity contribution in [3.63, 3.8) is 0 Å². The number of hydrogen-bond donors (Lipinski definition) is 0. The van der Waals surface area contributed by atoms with Gasteiger partial charge in [-0.15, -0.1) is 0 Å². The van der Waals surface area contributed by atoms with Gasteiger partial charge >= 0.3 is 0 Å². The van der Waals surface area contributed by atoms with Crippen molar-refractivity contribution >= 4 is 54.4 Å². The molecule has 0 aliphatic heterocycles. The average molecular weight is 790 g/mol. The number of nitriles is 1. The second-order valence-corrected chi connectivity index (χ2v) is 15.7. The Bertz CT molecular complexity index is 3670. The Morgan fingerprint density at radius 2 is 0.855 bits per heavy atom. The topological polar surface area (TPSA) is 59.4 Å². The number of rotatable bonds is 6. The van der Waals surface area contributed by atoms with Crippen LogP contribution in [-0.2, 0) is 0 Å². The third kappa shape index (κ3) is 5.77. The summed E-state index contributed by atoms with van der Waals surface area (Å²) in [6.45, 7) is 0. The summed E-state index contributed by atoms with van der Waals surface area (Å²) < 4.78 is 4.72. The van der Waals surface area contributed by atoms with Gasteiger partial charge in [-0.3, -0.25) is 0 Å². The first-order valence-electron chi connectivity index (χ1n) is 20.8. The molecule has 0 amide bonds. The van der Waals surface area contributed by atoms with E-state index >= 15 is 0 Å². The standard InChI is InChI=1S/C57H35N5/c58-36-37-19-27-44(28-20-37)61-53-17-9-7-15-46(53)48-31-26-43(34-55(48)61)42-22-21-38-25-32-49-47-16-8-10-18-54(47)62(56(49)50(38)33-42)45-29-23-40(24-30-45)52-35-51(39-11-3-1-4-12-39)59-57(60-52)41-13-5-2-6-14-41/h1-35H. The van der Waals surface area contributed by atoms with Gasteiger partial charge in [0.25, 0.3) is 0 Å². The van der Waals surface area contributed by atoms with E-state index in [2.05, 4.69) is 167 Å². The Labute approximate surface area is 357 Å². The zero-order valence-electron chi connectivity index (χ0n) is 33.4. The van der Waals surface area contributed by atoms with Crippen LogP contribution in [0.5, 0.6) is 0 Å². The summed E-state index contributed by atoms with van der Waals surface area (Å²) in [5, 5.41) is 16.7. The van der Waals surface area contributed by atoms with Crippen LogP contribution in [-0.4, -0.2) is 19.1 Å². The molecule has 0 saturated heterocycles. The molecule has 3 aromatic heterocycles. The van der Waals surface area contributed by atoms with E-state index in [1.165, 1.54) is 37.8 Å². The van der Waals surface area contributed by atoms with Crippen LogP contribution in [0.1, 0.15) is 5.56 Å². The monoisotopic (exact) mass is 789 g/mol. The third-order valence-electron chi connectivity index (χ3n) is 12.2. The van der Waals surface area contributed by atoms with Crippen LogP contribution < -0.4 is 0 Å².